The number of carbonyl (C=O) groups excluding carboxylic acids is 1. The Morgan fingerprint density at radius 2 is 1.94 bits per heavy atom. The van der Waals surface area contributed by atoms with Gasteiger partial charge < -0.3 is 4.74 Å². The topological polar surface area (TPSA) is 94.3 Å². The zero-order valence-electron chi connectivity index (χ0n) is 18.3. The molecule has 0 saturated carbocycles. The van der Waals surface area contributed by atoms with Crippen molar-refractivity contribution in [1.82, 2.24) is 25.2 Å². The van der Waals surface area contributed by atoms with E-state index >= 15 is 0 Å². The minimum atomic E-state index is -0.264. The van der Waals surface area contributed by atoms with E-state index in [1.54, 1.807) is 30.6 Å². The standard InChI is InChI=1S/C24H21ClN6O2S/c1-2-33-21-11-9-20(10-12-21)31-23(18-5-7-19(25)8-6-18)29-30-24(31)34-16-22(32)28-27-15-17-4-3-13-26-14-17/h3-15H,2,16H2,1H3,(H,28,32)/b27-15+. The number of hydrogen-bond acceptors (Lipinski definition) is 7. The van der Waals surface area contributed by atoms with Gasteiger partial charge in [-0.1, -0.05) is 29.4 Å². The average molecular weight is 493 g/mol. The molecule has 1 N–H and O–H groups in total. The van der Waals surface area contributed by atoms with Crippen molar-refractivity contribution < 1.29 is 9.53 Å². The Balaban J connectivity index is 1.53. The van der Waals surface area contributed by atoms with Crippen molar-refractivity contribution in [3.05, 3.63) is 83.6 Å². The number of halogens is 1. The van der Waals surface area contributed by atoms with Crippen LogP contribution < -0.4 is 10.2 Å². The molecule has 0 aliphatic heterocycles. The van der Waals surface area contributed by atoms with Gasteiger partial charge >= 0.3 is 0 Å². The Bertz CT molecular complexity index is 1260. The number of amides is 1. The Labute approximate surface area is 206 Å². The number of rotatable bonds is 9. The summed E-state index contributed by atoms with van der Waals surface area (Å²) in [7, 11) is 0. The molecule has 0 radical (unpaired) electrons. The predicted molar refractivity (Wildman–Crippen MR) is 134 cm³/mol. The van der Waals surface area contributed by atoms with E-state index in [0.717, 1.165) is 22.6 Å². The zero-order chi connectivity index (χ0) is 23.8. The molecule has 0 saturated heterocycles. The molecule has 0 aliphatic carbocycles. The summed E-state index contributed by atoms with van der Waals surface area (Å²) in [6.45, 7) is 2.52. The smallest absolute Gasteiger partial charge is 0.250 e. The Morgan fingerprint density at radius 1 is 1.15 bits per heavy atom. The maximum atomic E-state index is 12.3. The van der Waals surface area contributed by atoms with Crippen LogP contribution in [0.3, 0.4) is 0 Å². The van der Waals surface area contributed by atoms with E-state index in [1.807, 2.05) is 54.0 Å². The fourth-order valence-electron chi connectivity index (χ4n) is 3.03. The van der Waals surface area contributed by atoms with Gasteiger partial charge in [-0.3, -0.25) is 14.3 Å². The minimum absolute atomic E-state index is 0.111. The van der Waals surface area contributed by atoms with Crippen LogP contribution in [0.1, 0.15) is 12.5 Å². The van der Waals surface area contributed by atoms with E-state index in [2.05, 4.69) is 25.7 Å². The van der Waals surface area contributed by atoms with Crippen molar-refractivity contribution in [3.63, 3.8) is 0 Å². The molecule has 10 heteroatoms. The number of nitrogens with one attached hydrogen (secondary N) is 1. The second-order valence-electron chi connectivity index (χ2n) is 6.94. The van der Waals surface area contributed by atoms with E-state index in [0.29, 0.717) is 22.6 Å². The number of hydrogen-bond donors (Lipinski definition) is 1. The van der Waals surface area contributed by atoms with Crippen molar-refractivity contribution >= 4 is 35.5 Å². The first-order chi connectivity index (χ1) is 16.6. The highest BCUT2D eigenvalue weighted by Gasteiger charge is 2.17. The average Bonchev–Trinajstić information content (AvgIpc) is 3.28. The summed E-state index contributed by atoms with van der Waals surface area (Å²) in [4.78, 5) is 16.3. The lowest BCUT2D eigenvalue weighted by molar-refractivity contribution is -0.118. The molecule has 4 rings (SSSR count). The van der Waals surface area contributed by atoms with Crippen LogP contribution >= 0.6 is 23.4 Å². The molecule has 4 aromatic rings. The number of thioether (sulfide) groups is 1. The van der Waals surface area contributed by atoms with Gasteiger partial charge in [0.05, 0.1) is 18.6 Å². The molecule has 172 valence electrons. The number of nitrogens with zero attached hydrogens (tertiary/aromatic N) is 5. The van der Waals surface area contributed by atoms with E-state index < -0.39 is 0 Å². The first kappa shape index (κ1) is 23.5. The number of hydrazone groups is 1. The van der Waals surface area contributed by atoms with E-state index in [1.165, 1.54) is 18.0 Å². The molecule has 1 amide bonds. The lowest BCUT2D eigenvalue weighted by Gasteiger charge is -2.11. The fourth-order valence-corrected chi connectivity index (χ4v) is 3.90. The van der Waals surface area contributed by atoms with Gasteiger partial charge in [-0.2, -0.15) is 5.10 Å². The van der Waals surface area contributed by atoms with Crippen LogP contribution in [0.4, 0.5) is 0 Å². The van der Waals surface area contributed by atoms with Crippen LogP contribution in [-0.4, -0.2) is 44.2 Å². The van der Waals surface area contributed by atoms with Crippen LogP contribution in [0.25, 0.3) is 17.1 Å². The van der Waals surface area contributed by atoms with Crippen molar-refractivity contribution in [1.29, 1.82) is 0 Å². The fraction of sp³-hybridized carbons (Fsp3) is 0.125. The maximum absolute atomic E-state index is 12.3. The van der Waals surface area contributed by atoms with Gasteiger partial charge in [-0.05, 0) is 61.5 Å². The van der Waals surface area contributed by atoms with Crippen LogP contribution in [0.2, 0.25) is 5.02 Å². The summed E-state index contributed by atoms with van der Waals surface area (Å²) < 4.78 is 7.45. The summed E-state index contributed by atoms with van der Waals surface area (Å²) in [5.41, 5.74) is 5.00. The van der Waals surface area contributed by atoms with Gasteiger partial charge in [0, 0.05) is 34.2 Å². The summed E-state index contributed by atoms with van der Waals surface area (Å²) >= 11 is 7.32. The minimum Gasteiger partial charge on any atom is -0.494 e. The van der Waals surface area contributed by atoms with Crippen molar-refractivity contribution in [2.45, 2.75) is 12.1 Å². The Kier molecular flexibility index (Phi) is 7.90. The van der Waals surface area contributed by atoms with Gasteiger partial charge in [0.15, 0.2) is 11.0 Å². The van der Waals surface area contributed by atoms with Gasteiger partial charge in [0.2, 0.25) is 0 Å². The summed E-state index contributed by atoms with van der Waals surface area (Å²) in [5, 5.41) is 13.9. The zero-order valence-corrected chi connectivity index (χ0v) is 19.8. The van der Waals surface area contributed by atoms with Gasteiger partial charge in [-0.15, -0.1) is 10.2 Å². The molecule has 2 aromatic heterocycles. The molecule has 0 bridgehead atoms. The molecule has 0 atom stereocenters. The SMILES string of the molecule is CCOc1ccc(-n2c(SCC(=O)N/N=C/c3cccnc3)nnc2-c2ccc(Cl)cc2)cc1. The van der Waals surface area contributed by atoms with Crippen molar-refractivity contribution in [3.8, 4) is 22.8 Å². The predicted octanol–water partition coefficient (Wildman–Crippen LogP) is 4.62. The Morgan fingerprint density at radius 3 is 2.65 bits per heavy atom. The highest BCUT2D eigenvalue weighted by molar-refractivity contribution is 7.99. The van der Waals surface area contributed by atoms with Gasteiger partial charge in [-0.25, -0.2) is 5.43 Å². The lowest BCUT2D eigenvalue weighted by atomic mass is 10.2. The molecule has 0 unspecified atom stereocenters. The van der Waals surface area contributed by atoms with E-state index in [4.69, 9.17) is 16.3 Å². The molecule has 8 nitrogen and oxygen atoms in total. The van der Waals surface area contributed by atoms with Gasteiger partial charge in [0.25, 0.3) is 5.91 Å². The molecule has 0 spiro atoms. The third-order valence-corrected chi connectivity index (χ3v) is 5.74. The first-order valence-electron chi connectivity index (χ1n) is 10.4. The monoisotopic (exact) mass is 492 g/mol. The third-order valence-electron chi connectivity index (χ3n) is 4.56. The van der Waals surface area contributed by atoms with E-state index in [9.17, 15) is 4.79 Å². The third kappa shape index (κ3) is 6.00. The quantitative estimate of drug-likeness (QED) is 0.208. The molecule has 0 aliphatic rings. The molecule has 2 heterocycles. The summed E-state index contributed by atoms with van der Waals surface area (Å²) in [6.07, 6.45) is 4.87. The molecular formula is C24H21ClN6O2S. The molecular weight excluding hydrogens is 472 g/mol. The van der Waals surface area contributed by atoms with Gasteiger partial charge in [0.1, 0.15) is 5.75 Å². The van der Waals surface area contributed by atoms with Crippen LogP contribution in [0.5, 0.6) is 5.75 Å². The normalized spacial score (nSPS) is 11.0. The van der Waals surface area contributed by atoms with Crippen LogP contribution in [-0.2, 0) is 4.79 Å². The molecule has 0 fully saturated rings. The first-order valence-corrected chi connectivity index (χ1v) is 11.8. The lowest BCUT2D eigenvalue weighted by Crippen LogP contribution is -2.20. The number of ether oxygens (including phenoxy) is 1. The summed E-state index contributed by atoms with van der Waals surface area (Å²) in [6, 6.07) is 18.6. The molecule has 34 heavy (non-hydrogen) atoms. The second kappa shape index (κ2) is 11.4. The number of benzene rings is 2. The Hall–Kier alpha value is -3.69. The summed E-state index contributed by atoms with van der Waals surface area (Å²) in [5.74, 6) is 1.25. The second-order valence-corrected chi connectivity index (χ2v) is 8.32. The highest BCUT2D eigenvalue weighted by Crippen LogP contribution is 2.29. The number of carbonyl (C=O) groups is 1. The molecule has 2 aromatic carbocycles. The maximum Gasteiger partial charge on any atom is 0.250 e. The largest absolute Gasteiger partial charge is 0.494 e. The highest BCUT2D eigenvalue weighted by atomic mass is 35.5. The van der Waals surface area contributed by atoms with E-state index in [-0.39, 0.29) is 11.7 Å². The van der Waals surface area contributed by atoms with Crippen molar-refractivity contribution in [2.75, 3.05) is 12.4 Å². The number of pyridine rings is 1. The van der Waals surface area contributed by atoms with Crippen LogP contribution in [0.15, 0.2) is 83.3 Å². The number of aromatic nitrogens is 4. The van der Waals surface area contributed by atoms with Crippen LogP contribution in [0, 0.1) is 0 Å². The van der Waals surface area contributed by atoms with Crippen molar-refractivity contribution in [2.24, 2.45) is 5.10 Å².